The molecule has 214 valence electrons. The Balaban J connectivity index is 1.80. The number of carboxylic acids is 1. The van der Waals surface area contributed by atoms with Crippen LogP contribution < -0.4 is 0 Å². The topological polar surface area (TPSA) is 124 Å². The summed E-state index contributed by atoms with van der Waals surface area (Å²) >= 11 is 0. The third kappa shape index (κ3) is 7.36. The number of rotatable bonds is 10. The summed E-state index contributed by atoms with van der Waals surface area (Å²) in [5, 5.41) is 39.6. The van der Waals surface area contributed by atoms with Crippen LogP contribution in [0.1, 0.15) is 91.9 Å². The van der Waals surface area contributed by atoms with Crippen molar-refractivity contribution < 1.29 is 34.8 Å². The van der Waals surface area contributed by atoms with Crippen molar-refractivity contribution in [2.75, 3.05) is 6.61 Å². The first-order valence-corrected chi connectivity index (χ1v) is 14.3. The van der Waals surface area contributed by atoms with Gasteiger partial charge in [-0.05, 0) is 99.5 Å². The summed E-state index contributed by atoms with van der Waals surface area (Å²) in [6, 6.07) is 0. The lowest BCUT2D eigenvalue weighted by Crippen LogP contribution is -2.40. The van der Waals surface area contributed by atoms with Crippen LogP contribution in [0.25, 0.3) is 0 Å². The number of carboxylic acid groups (broad SMARTS) is 1. The molecule has 3 saturated carbocycles. The van der Waals surface area contributed by atoms with Gasteiger partial charge in [0.1, 0.15) is 6.61 Å². The third-order valence-corrected chi connectivity index (χ3v) is 9.50. The normalized spacial score (nSPS) is 33.7. The number of hydrogen-bond donors (Lipinski definition) is 4. The number of fused-ring (bicyclic) bond motifs is 1. The van der Waals surface area contributed by atoms with Gasteiger partial charge in [-0.2, -0.15) is 0 Å². The SMILES string of the molecule is C=C1/C(=C\C=C2/CCC[C@]3(C)[C@@H]([C@H](C)C(CCC(C)(C)O)C(=O)OCCC(=O)O)CC[C@@H]23)C[C@@H](O)C[C@@H]1O. The van der Waals surface area contributed by atoms with E-state index >= 15 is 0 Å². The van der Waals surface area contributed by atoms with Crippen LogP contribution in [0.15, 0.2) is 35.5 Å². The zero-order chi connectivity index (χ0) is 28.3. The van der Waals surface area contributed by atoms with E-state index in [2.05, 4.69) is 26.5 Å². The summed E-state index contributed by atoms with van der Waals surface area (Å²) < 4.78 is 5.41. The Morgan fingerprint density at radius 3 is 2.61 bits per heavy atom. The molecular weight excluding hydrogens is 484 g/mol. The highest BCUT2D eigenvalue weighted by molar-refractivity contribution is 5.73. The molecule has 38 heavy (non-hydrogen) atoms. The Kier molecular flexibility index (Phi) is 10.0. The van der Waals surface area contributed by atoms with Gasteiger partial charge in [-0.25, -0.2) is 0 Å². The maximum Gasteiger partial charge on any atom is 0.309 e. The number of aliphatic hydroxyl groups is 3. The van der Waals surface area contributed by atoms with Crippen molar-refractivity contribution in [1.29, 1.82) is 0 Å². The molecular formula is C31H48O7. The number of carbonyl (C=O) groups is 2. The van der Waals surface area contributed by atoms with Crippen molar-refractivity contribution in [2.45, 2.75) is 110 Å². The van der Waals surface area contributed by atoms with E-state index < -0.39 is 29.7 Å². The molecule has 1 unspecified atom stereocenters. The van der Waals surface area contributed by atoms with E-state index in [-0.39, 0.29) is 30.3 Å². The van der Waals surface area contributed by atoms with Gasteiger partial charge in [0.2, 0.25) is 0 Å². The van der Waals surface area contributed by atoms with Gasteiger partial charge in [-0.3, -0.25) is 9.59 Å². The Bertz CT molecular complexity index is 942. The number of esters is 1. The first-order valence-electron chi connectivity index (χ1n) is 14.3. The molecule has 0 bridgehead atoms. The zero-order valence-electron chi connectivity index (χ0n) is 23.6. The van der Waals surface area contributed by atoms with Crippen LogP contribution in [0.3, 0.4) is 0 Å². The fourth-order valence-corrected chi connectivity index (χ4v) is 7.34. The number of allylic oxidation sites excluding steroid dienone is 3. The number of hydrogen-bond acceptors (Lipinski definition) is 6. The minimum absolute atomic E-state index is 0.0267. The molecule has 3 rings (SSSR count). The summed E-state index contributed by atoms with van der Waals surface area (Å²) in [5.74, 6) is -1.03. The van der Waals surface area contributed by atoms with Crippen LogP contribution in [0.4, 0.5) is 0 Å². The van der Waals surface area contributed by atoms with Crippen molar-refractivity contribution in [3.05, 3.63) is 35.5 Å². The van der Waals surface area contributed by atoms with Crippen LogP contribution in [0, 0.1) is 29.1 Å². The van der Waals surface area contributed by atoms with E-state index in [1.807, 2.05) is 6.08 Å². The minimum atomic E-state index is -0.998. The van der Waals surface area contributed by atoms with E-state index in [0.29, 0.717) is 43.1 Å². The van der Waals surface area contributed by atoms with Gasteiger partial charge < -0.3 is 25.2 Å². The minimum Gasteiger partial charge on any atom is -0.481 e. The molecule has 0 amide bonds. The molecule has 0 aliphatic heterocycles. The second kappa shape index (κ2) is 12.5. The average molecular weight is 533 g/mol. The molecule has 3 aliphatic carbocycles. The van der Waals surface area contributed by atoms with Gasteiger partial charge in [0.25, 0.3) is 0 Å². The molecule has 0 spiro atoms. The second-order valence-electron chi connectivity index (χ2n) is 12.8. The first kappa shape index (κ1) is 30.6. The molecule has 3 aliphatic rings. The molecule has 0 aromatic heterocycles. The first-order chi connectivity index (χ1) is 17.7. The lowest BCUT2D eigenvalue weighted by molar-refractivity contribution is -0.154. The molecule has 0 aromatic carbocycles. The Morgan fingerprint density at radius 2 is 1.95 bits per heavy atom. The highest BCUT2D eigenvalue weighted by Gasteiger charge is 2.52. The van der Waals surface area contributed by atoms with Gasteiger partial charge in [-0.1, -0.05) is 38.2 Å². The number of carbonyl (C=O) groups excluding carboxylic acids is 1. The molecule has 0 radical (unpaired) electrons. The predicted molar refractivity (Wildman–Crippen MR) is 146 cm³/mol. The van der Waals surface area contributed by atoms with Gasteiger partial charge >= 0.3 is 11.9 Å². The van der Waals surface area contributed by atoms with Crippen LogP contribution in [0.5, 0.6) is 0 Å². The molecule has 4 N–H and O–H groups in total. The Labute approximate surface area is 227 Å². The highest BCUT2D eigenvalue weighted by Crippen LogP contribution is 2.60. The van der Waals surface area contributed by atoms with E-state index in [1.165, 1.54) is 5.57 Å². The molecule has 0 saturated heterocycles. The van der Waals surface area contributed by atoms with E-state index in [9.17, 15) is 24.9 Å². The lowest BCUT2D eigenvalue weighted by atomic mass is 9.59. The van der Waals surface area contributed by atoms with Crippen LogP contribution >= 0.6 is 0 Å². The van der Waals surface area contributed by atoms with Gasteiger partial charge in [0.15, 0.2) is 0 Å². The Morgan fingerprint density at radius 1 is 1.24 bits per heavy atom. The van der Waals surface area contributed by atoms with Crippen molar-refractivity contribution in [1.82, 2.24) is 0 Å². The van der Waals surface area contributed by atoms with Crippen molar-refractivity contribution in [2.24, 2.45) is 29.1 Å². The lowest BCUT2D eigenvalue weighted by Gasteiger charge is -2.45. The van der Waals surface area contributed by atoms with E-state index in [1.54, 1.807) is 13.8 Å². The Hall–Kier alpha value is -1.96. The van der Waals surface area contributed by atoms with Gasteiger partial charge in [-0.15, -0.1) is 0 Å². The standard InChI is InChI=1S/C31H48O7/c1-19-22(17-23(32)18-27(19)33)9-8-21-7-6-14-31(5)25(10-11-26(21)31)20(2)24(12-15-30(3,4)37)29(36)38-16-13-28(34)35/h8-9,20,23-27,32-33,37H,1,6-7,10-18H2,2-5H3,(H,34,35)/b21-8+,22-9-/t20-,23-,24?,25-,26+,27+,31-/m1/s1. The quantitative estimate of drug-likeness (QED) is 0.294. The monoisotopic (exact) mass is 532 g/mol. The average Bonchev–Trinajstić information content (AvgIpc) is 3.17. The summed E-state index contributed by atoms with van der Waals surface area (Å²) in [7, 11) is 0. The molecule has 3 fully saturated rings. The fraction of sp³-hybridized carbons (Fsp3) is 0.742. The maximum absolute atomic E-state index is 13.2. The zero-order valence-corrected chi connectivity index (χ0v) is 23.6. The van der Waals surface area contributed by atoms with E-state index in [4.69, 9.17) is 9.84 Å². The summed E-state index contributed by atoms with van der Waals surface area (Å²) in [4.78, 5) is 24.1. The fourth-order valence-electron chi connectivity index (χ4n) is 7.34. The summed E-state index contributed by atoms with van der Waals surface area (Å²) in [6.45, 7) is 11.9. The van der Waals surface area contributed by atoms with Crippen molar-refractivity contribution in [3.63, 3.8) is 0 Å². The molecule has 7 heteroatoms. The smallest absolute Gasteiger partial charge is 0.309 e. The second-order valence-corrected chi connectivity index (χ2v) is 12.8. The predicted octanol–water partition coefficient (Wildman–Crippen LogP) is 4.95. The largest absolute Gasteiger partial charge is 0.481 e. The molecule has 7 atom stereocenters. The van der Waals surface area contributed by atoms with E-state index in [0.717, 1.165) is 37.7 Å². The summed E-state index contributed by atoms with van der Waals surface area (Å²) in [5.41, 5.74) is 2.12. The number of aliphatic hydroxyl groups excluding tert-OH is 2. The molecule has 0 aromatic rings. The third-order valence-electron chi connectivity index (χ3n) is 9.50. The number of ether oxygens (including phenoxy) is 1. The molecule has 0 heterocycles. The van der Waals surface area contributed by atoms with Crippen LogP contribution in [-0.2, 0) is 14.3 Å². The number of aliphatic carboxylic acids is 1. The van der Waals surface area contributed by atoms with Crippen LogP contribution in [0.2, 0.25) is 0 Å². The highest BCUT2D eigenvalue weighted by atomic mass is 16.5. The van der Waals surface area contributed by atoms with Gasteiger partial charge in [0, 0.05) is 6.42 Å². The maximum atomic E-state index is 13.2. The van der Waals surface area contributed by atoms with Gasteiger partial charge in [0.05, 0.1) is 30.1 Å². The van der Waals surface area contributed by atoms with Crippen molar-refractivity contribution in [3.8, 4) is 0 Å². The van der Waals surface area contributed by atoms with Crippen LogP contribution in [-0.4, -0.2) is 56.8 Å². The molecule has 7 nitrogen and oxygen atoms in total. The van der Waals surface area contributed by atoms with Crippen molar-refractivity contribution >= 4 is 11.9 Å². The summed E-state index contributed by atoms with van der Waals surface area (Å²) in [6.07, 6.45) is 9.76.